The number of thioether (sulfide) groups is 1. The number of hydrogen-bond donors (Lipinski definition) is 2. The Kier molecular flexibility index (Phi) is 14.1. The zero-order valence-corrected chi connectivity index (χ0v) is 43.2. The van der Waals surface area contributed by atoms with E-state index in [1.165, 1.54) is 29.5 Å². The number of aliphatic hydroxyl groups excluding tert-OH is 1. The van der Waals surface area contributed by atoms with E-state index < -0.39 is 5.60 Å². The molecule has 0 radical (unpaired) electrons. The second-order valence-corrected chi connectivity index (χ2v) is 24.6. The van der Waals surface area contributed by atoms with Crippen LogP contribution in [0.1, 0.15) is 149 Å². The molecule has 0 bridgehead atoms. The van der Waals surface area contributed by atoms with E-state index in [0.717, 1.165) is 90.0 Å². The molecule has 67 heavy (non-hydrogen) atoms. The predicted octanol–water partition coefficient (Wildman–Crippen LogP) is 10.9. The quantitative estimate of drug-likeness (QED) is 0.114. The first-order valence-corrected chi connectivity index (χ1v) is 27.8. The highest BCUT2D eigenvalue weighted by Gasteiger charge is 2.67. The Bertz CT molecular complexity index is 2140. The lowest BCUT2D eigenvalue weighted by Crippen LogP contribution is -2.62. The zero-order valence-electron chi connectivity index (χ0n) is 42.4. The van der Waals surface area contributed by atoms with Gasteiger partial charge in [0.05, 0.1) is 38.0 Å². The number of anilines is 1. The summed E-state index contributed by atoms with van der Waals surface area (Å²) >= 11 is 1.77. The number of likely N-dealkylation sites (N-methyl/N-ethyl adjacent to an activating group) is 1. The lowest BCUT2D eigenvalue weighted by Gasteiger charge is -2.64. The van der Waals surface area contributed by atoms with Crippen molar-refractivity contribution in [3.05, 3.63) is 52.6 Å². The van der Waals surface area contributed by atoms with E-state index >= 15 is 0 Å². The fourth-order valence-electron chi connectivity index (χ4n) is 17.4. The lowest BCUT2D eigenvalue weighted by atomic mass is 9.43. The standard InChI is InChI=1S/C58H83NO7S/c1-10-24-58(63)36(3)28-48-44-18-14-38-29-41(60)17-19-43(38)53(44)45(33-56(48,58)5)37-12-15-40(16-13-37)59(7)26-27-65-42-23-25-55(4)39(30-42)31-50(66-34-67-9)54-47-21-20-46(35(2)11-22-52(62)64-8)57(47,6)51(61)32-49(54)55/h12-13,15-16,29,35-36,39,42,44-51,54,61,63H,11,14,17-23,25-28,30-34H2,1-9H3/t35-,36?,39+,42+,44?,45-,46-,47+,48?,49+,50-,51+,54+,55+,56+,57-,58+/m1/s1. The first kappa shape index (κ1) is 49.4. The van der Waals surface area contributed by atoms with Crippen LogP contribution in [-0.2, 0) is 23.8 Å². The molecule has 368 valence electrons. The molecule has 2 N–H and O–H groups in total. The minimum absolute atomic E-state index is 0.108. The number of aliphatic hydroxyl groups is 2. The van der Waals surface area contributed by atoms with Crippen molar-refractivity contribution >= 4 is 29.2 Å². The van der Waals surface area contributed by atoms with Crippen LogP contribution in [0.3, 0.4) is 0 Å². The normalized spacial score (nSPS) is 42.4. The molecule has 0 amide bonds. The van der Waals surface area contributed by atoms with Gasteiger partial charge in [-0.1, -0.05) is 58.2 Å². The molecule has 0 aliphatic heterocycles. The number of hydrogen-bond acceptors (Lipinski definition) is 9. The molecule has 0 spiro atoms. The second-order valence-electron chi connectivity index (χ2n) is 23.8. The molecular formula is C58H83NO7S. The summed E-state index contributed by atoms with van der Waals surface area (Å²) in [6.45, 7) is 15.1. The first-order valence-electron chi connectivity index (χ1n) is 26.4. The SMILES string of the molecule is CC#C[C@]1(O)C(C)CC2C3CCC4=CC(=O)CCC4=C3[C@@H](c3ccc(N(C)CCO[C@H]4CC[C@@]5(C)[C@@H](C4)C[C@@H](OCSC)[C@@H]4[C@@H]5C[C@H](O)[C@]5(C)[C@@H]([C@H](C)CCC(=O)OC)CC[C@@H]45)cc3)C[C@@]21C. The number of allylic oxidation sites excluding steroid dienone is 4. The average Bonchev–Trinajstić information content (AvgIpc) is 3.77. The molecular weight excluding hydrogens is 855 g/mol. The van der Waals surface area contributed by atoms with Gasteiger partial charge in [0.2, 0.25) is 0 Å². The molecule has 1 aromatic rings. The number of ether oxygens (including phenoxy) is 3. The predicted molar refractivity (Wildman–Crippen MR) is 268 cm³/mol. The number of methoxy groups -OCH3 is 1. The van der Waals surface area contributed by atoms with Gasteiger partial charge in [-0.25, -0.2) is 0 Å². The summed E-state index contributed by atoms with van der Waals surface area (Å²) in [6, 6.07) is 9.22. The third kappa shape index (κ3) is 8.33. The van der Waals surface area contributed by atoms with Gasteiger partial charge in [0.15, 0.2) is 5.78 Å². The monoisotopic (exact) mass is 938 g/mol. The van der Waals surface area contributed by atoms with Crippen LogP contribution in [0.4, 0.5) is 5.69 Å². The highest BCUT2D eigenvalue weighted by atomic mass is 32.2. The van der Waals surface area contributed by atoms with E-state index in [9.17, 15) is 19.8 Å². The van der Waals surface area contributed by atoms with Crippen molar-refractivity contribution in [3.8, 4) is 11.8 Å². The number of carbonyl (C=O) groups is 2. The number of rotatable bonds is 13. The first-order chi connectivity index (χ1) is 32.0. The summed E-state index contributed by atoms with van der Waals surface area (Å²) in [4.78, 5) is 27.0. The van der Waals surface area contributed by atoms with Crippen molar-refractivity contribution in [2.24, 2.45) is 69.5 Å². The van der Waals surface area contributed by atoms with Crippen molar-refractivity contribution in [2.75, 3.05) is 44.4 Å². The molecule has 17 atom stereocenters. The number of benzene rings is 1. The Morgan fingerprint density at radius 1 is 0.985 bits per heavy atom. The van der Waals surface area contributed by atoms with Crippen LogP contribution >= 0.6 is 11.8 Å². The minimum atomic E-state index is -1.02. The molecule has 0 heterocycles. The van der Waals surface area contributed by atoms with E-state index in [4.69, 9.17) is 14.2 Å². The van der Waals surface area contributed by atoms with Crippen molar-refractivity contribution in [2.45, 2.75) is 168 Å². The highest BCUT2D eigenvalue weighted by molar-refractivity contribution is 7.98. The fraction of sp³-hybridized carbons (Fsp3) is 0.759. The Labute approximate surface area is 407 Å². The molecule has 0 saturated heterocycles. The van der Waals surface area contributed by atoms with Crippen molar-refractivity contribution in [1.82, 2.24) is 0 Å². The van der Waals surface area contributed by atoms with Gasteiger partial charge in [0.1, 0.15) is 5.60 Å². The highest BCUT2D eigenvalue weighted by Crippen LogP contribution is 2.70. The van der Waals surface area contributed by atoms with Gasteiger partial charge in [0, 0.05) is 43.5 Å². The van der Waals surface area contributed by atoms with Crippen molar-refractivity contribution < 1.29 is 34.0 Å². The zero-order chi connectivity index (χ0) is 47.6. The lowest BCUT2D eigenvalue weighted by molar-refractivity contribution is -0.215. The number of nitrogens with zero attached hydrogens (tertiary/aromatic N) is 1. The number of carbonyl (C=O) groups excluding carboxylic acids is 2. The Hall–Kier alpha value is -2.61. The summed E-state index contributed by atoms with van der Waals surface area (Å²) in [5.41, 5.74) is 5.36. The molecule has 1 aromatic carbocycles. The van der Waals surface area contributed by atoms with Crippen LogP contribution in [0, 0.1) is 81.3 Å². The Morgan fingerprint density at radius 2 is 1.76 bits per heavy atom. The number of fused-ring (bicyclic) bond motifs is 9. The van der Waals surface area contributed by atoms with Gasteiger partial charge >= 0.3 is 5.97 Å². The third-order valence-electron chi connectivity index (χ3n) is 21.1. The Balaban J connectivity index is 0.861. The second kappa shape index (κ2) is 19.2. The Morgan fingerprint density at radius 3 is 2.49 bits per heavy atom. The molecule has 8 aliphatic rings. The molecule has 6 fully saturated rings. The smallest absolute Gasteiger partial charge is 0.305 e. The number of ketones is 1. The summed E-state index contributed by atoms with van der Waals surface area (Å²) in [7, 11) is 3.65. The van der Waals surface area contributed by atoms with Crippen LogP contribution in [0.2, 0.25) is 0 Å². The molecule has 3 unspecified atom stereocenters. The van der Waals surface area contributed by atoms with Crippen LogP contribution in [0.25, 0.3) is 0 Å². The van der Waals surface area contributed by atoms with Gasteiger partial charge in [-0.2, -0.15) is 0 Å². The fourth-order valence-corrected chi connectivity index (χ4v) is 17.7. The summed E-state index contributed by atoms with van der Waals surface area (Å²) < 4.78 is 18.7. The van der Waals surface area contributed by atoms with Crippen LogP contribution in [0.5, 0.6) is 0 Å². The third-order valence-corrected chi connectivity index (χ3v) is 21.4. The van der Waals surface area contributed by atoms with E-state index in [1.807, 2.05) is 13.0 Å². The van der Waals surface area contributed by atoms with Crippen molar-refractivity contribution in [1.29, 1.82) is 0 Å². The maximum atomic E-state index is 12.6. The maximum absolute atomic E-state index is 12.6. The van der Waals surface area contributed by atoms with Crippen molar-refractivity contribution in [3.63, 3.8) is 0 Å². The largest absolute Gasteiger partial charge is 0.469 e. The van der Waals surface area contributed by atoms with Gasteiger partial charge < -0.3 is 29.3 Å². The molecule has 9 heteroatoms. The topological polar surface area (TPSA) is 106 Å². The van der Waals surface area contributed by atoms with Gasteiger partial charge in [0.25, 0.3) is 0 Å². The summed E-state index contributed by atoms with van der Waals surface area (Å²) in [5.74, 6) is 10.9. The maximum Gasteiger partial charge on any atom is 0.305 e. The van der Waals surface area contributed by atoms with E-state index in [2.05, 4.69) is 88.9 Å². The number of esters is 1. The van der Waals surface area contributed by atoms with E-state index in [1.54, 1.807) is 17.3 Å². The van der Waals surface area contributed by atoms with Crippen LogP contribution in [0.15, 0.2) is 47.1 Å². The summed E-state index contributed by atoms with van der Waals surface area (Å²) in [6.07, 6.45) is 18.0. The molecule has 8 nitrogen and oxygen atoms in total. The van der Waals surface area contributed by atoms with Crippen LogP contribution < -0.4 is 4.90 Å². The van der Waals surface area contributed by atoms with E-state index in [0.29, 0.717) is 72.7 Å². The molecule has 6 saturated carbocycles. The molecule has 8 aliphatic carbocycles. The van der Waals surface area contributed by atoms with Gasteiger partial charge in [-0.15, -0.1) is 17.7 Å². The molecule has 9 rings (SSSR count). The van der Waals surface area contributed by atoms with Gasteiger partial charge in [-0.3, -0.25) is 9.59 Å². The van der Waals surface area contributed by atoms with Crippen LogP contribution in [-0.4, -0.2) is 85.4 Å². The average molecular weight is 938 g/mol. The minimum Gasteiger partial charge on any atom is -0.469 e. The van der Waals surface area contributed by atoms with E-state index in [-0.39, 0.29) is 58.1 Å². The summed E-state index contributed by atoms with van der Waals surface area (Å²) in [5, 5.41) is 24.7. The van der Waals surface area contributed by atoms with Gasteiger partial charge in [-0.05, 0) is 196 Å². The molecule has 0 aromatic heterocycles.